The van der Waals surface area contributed by atoms with Crippen LogP contribution in [-0.4, -0.2) is 19.2 Å². The summed E-state index contributed by atoms with van der Waals surface area (Å²) in [5.74, 6) is 1.46. The summed E-state index contributed by atoms with van der Waals surface area (Å²) in [5, 5.41) is 0.996. The third-order valence-corrected chi connectivity index (χ3v) is 2.80. The van der Waals surface area contributed by atoms with Crippen molar-refractivity contribution in [2.45, 2.75) is 13.5 Å². The number of nitrogens with two attached hydrogens (primary N) is 1. The predicted molar refractivity (Wildman–Crippen MR) is 67.5 cm³/mol. The van der Waals surface area contributed by atoms with Gasteiger partial charge in [-0.25, -0.2) is 4.98 Å². The van der Waals surface area contributed by atoms with Gasteiger partial charge in [0.05, 0.1) is 19.9 Å². The lowest BCUT2D eigenvalue weighted by Crippen LogP contribution is -2.03. The number of hydrogen-bond donors (Lipinski definition) is 1. The molecule has 0 saturated heterocycles. The number of nitrogens with zero attached hydrogens (tertiary/aromatic N) is 1. The first-order valence-electron chi connectivity index (χ1n) is 5.42. The van der Waals surface area contributed by atoms with Gasteiger partial charge >= 0.3 is 0 Å². The van der Waals surface area contributed by atoms with E-state index in [4.69, 9.17) is 15.2 Å². The molecule has 2 N–H and O–H groups in total. The van der Waals surface area contributed by atoms with Gasteiger partial charge in [0.15, 0.2) is 0 Å². The zero-order valence-electron chi connectivity index (χ0n) is 10.3. The highest BCUT2D eigenvalue weighted by Crippen LogP contribution is 2.30. The van der Waals surface area contributed by atoms with E-state index in [1.807, 2.05) is 19.1 Å². The topological polar surface area (TPSA) is 57.4 Å². The van der Waals surface area contributed by atoms with Gasteiger partial charge in [-0.2, -0.15) is 0 Å². The maximum absolute atomic E-state index is 5.66. The molecule has 2 rings (SSSR count). The summed E-state index contributed by atoms with van der Waals surface area (Å²) in [7, 11) is 3.26. The largest absolute Gasteiger partial charge is 0.497 e. The molecule has 4 heteroatoms. The van der Waals surface area contributed by atoms with E-state index < -0.39 is 0 Å². The third kappa shape index (κ3) is 2.03. The van der Waals surface area contributed by atoms with Crippen LogP contribution < -0.4 is 15.2 Å². The molecule has 17 heavy (non-hydrogen) atoms. The van der Waals surface area contributed by atoms with E-state index in [1.54, 1.807) is 14.2 Å². The molecular formula is C13H16N2O2. The second-order valence-electron chi connectivity index (χ2n) is 3.86. The van der Waals surface area contributed by atoms with E-state index in [-0.39, 0.29) is 0 Å². The quantitative estimate of drug-likeness (QED) is 0.879. The van der Waals surface area contributed by atoms with Gasteiger partial charge in [0, 0.05) is 18.0 Å². The van der Waals surface area contributed by atoms with Crippen molar-refractivity contribution in [2.24, 2.45) is 5.73 Å². The number of pyridine rings is 1. The van der Waals surface area contributed by atoms with Crippen molar-refractivity contribution in [2.75, 3.05) is 14.2 Å². The van der Waals surface area contributed by atoms with Crippen LogP contribution in [0.2, 0.25) is 0 Å². The molecular weight excluding hydrogens is 216 g/mol. The van der Waals surface area contributed by atoms with Crippen LogP contribution in [0.15, 0.2) is 18.2 Å². The molecule has 0 radical (unpaired) electrons. The highest BCUT2D eigenvalue weighted by atomic mass is 16.5. The summed E-state index contributed by atoms with van der Waals surface area (Å²) in [4.78, 5) is 4.53. The first kappa shape index (κ1) is 11.7. The molecule has 0 aliphatic carbocycles. The van der Waals surface area contributed by atoms with Crippen molar-refractivity contribution in [1.82, 2.24) is 4.98 Å². The van der Waals surface area contributed by atoms with Crippen LogP contribution >= 0.6 is 0 Å². The van der Waals surface area contributed by atoms with Crippen LogP contribution in [0.5, 0.6) is 11.5 Å². The van der Waals surface area contributed by atoms with Gasteiger partial charge in [0.1, 0.15) is 17.0 Å². The SMILES string of the molecule is COc1cc(OC)c2nc(CN)c(C)cc2c1. The molecule has 0 amide bonds. The fraction of sp³-hybridized carbons (Fsp3) is 0.308. The lowest BCUT2D eigenvalue weighted by atomic mass is 10.1. The van der Waals surface area contributed by atoms with Crippen LogP contribution in [0.4, 0.5) is 0 Å². The molecule has 0 atom stereocenters. The van der Waals surface area contributed by atoms with Crippen LogP contribution in [-0.2, 0) is 6.54 Å². The Kier molecular flexibility index (Phi) is 3.15. The highest BCUT2D eigenvalue weighted by molar-refractivity contribution is 5.87. The minimum Gasteiger partial charge on any atom is -0.497 e. The van der Waals surface area contributed by atoms with Crippen molar-refractivity contribution >= 4 is 10.9 Å². The van der Waals surface area contributed by atoms with E-state index in [2.05, 4.69) is 11.1 Å². The van der Waals surface area contributed by atoms with Crippen LogP contribution in [0, 0.1) is 6.92 Å². The van der Waals surface area contributed by atoms with E-state index in [0.29, 0.717) is 12.3 Å². The molecule has 0 saturated carbocycles. The summed E-state index contributed by atoms with van der Waals surface area (Å²) in [6.45, 7) is 2.43. The second-order valence-corrected chi connectivity index (χ2v) is 3.86. The Bertz CT molecular complexity index is 553. The average molecular weight is 232 g/mol. The molecule has 0 aliphatic rings. The third-order valence-electron chi connectivity index (χ3n) is 2.80. The highest BCUT2D eigenvalue weighted by Gasteiger charge is 2.09. The Balaban J connectivity index is 2.75. The first-order chi connectivity index (χ1) is 8.19. The number of aromatic nitrogens is 1. The lowest BCUT2D eigenvalue weighted by molar-refractivity contribution is 0.397. The molecule has 0 aliphatic heterocycles. The molecule has 4 nitrogen and oxygen atoms in total. The summed E-state index contributed by atoms with van der Waals surface area (Å²) in [6.07, 6.45) is 0. The average Bonchev–Trinajstić information content (AvgIpc) is 2.36. The van der Waals surface area contributed by atoms with Crippen LogP contribution in [0.3, 0.4) is 0 Å². The second kappa shape index (κ2) is 4.59. The molecule has 1 aromatic carbocycles. The molecule has 1 aromatic heterocycles. The maximum atomic E-state index is 5.66. The van der Waals surface area contributed by atoms with E-state index in [1.165, 1.54) is 0 Å². The van der Waals surface area contributed by atoms with Crippen molar-refractivity contribution in [1.29, 1.82) is 0 Å². The fourth-order valence-electron chi connectivity index (χ4n) is 1.85. The lowest BCUT2D eigenvalue weighted by Gasteiger charge is -2.10. The van der Waals surface area contributed by atoms with Crippen molar-refractivity contribution in [3.8, 4) is 11.5 Å². The Labute approximate surface area is 100 Å². The van der Waals surface area contributed by atoms with Gasteiger partial charge in [-0.05, 0) is 24.6 Å². The summed E-state index contributed by atoms with van der Waals surface area (Å²) in [6, 6.07) is 5.82. The summed E-state index contributed by atoms with van der Waals surface area (Å²) < 4.78 is 10.6. The molecule has 2 aromatic rings. The monoisotopic (exact) mass is 232 g/mol. The van der Waals surface area contributed by atoms with Gasteiger partial charge in [-0.1, -0.05) is 0 Å². The van der Waals surface area contributed by atoms with Crippen LogP contribution in [0.25, 0.3) is 10.9 Å². The Morgan fingerprint density at radius 2 is 1.94 bits per heavy atom. The Morgan fingerprint density at radius 1 is 1.18 bits per heavy atom. The predicted octanol–water partition coefficient (Wildman–Crippen LogP) is 2.02. The van der Waals surface area contributed by atoms with Gasteiger partial charge in [-0.15, -0.1) is 0 Å². The summed E-state index contributed by atoms with van der Waals surface area (Å²) >= 11 is 0. The van der Waals surface area contributed by atoms with Crippen LogP contribution in [0.1, 0.15) is 11.3 Å². The number of benzene rings is 1. The van der Waals surface area contributed by atoms with Crippen molar-refractivity contribution in [3.05, 3.63) is 29.5 Å². The van der Waals surface area contributed by atoms with Crippen molar-refractivity contribution in [3.63, 3.8) is 0 Å². The number of aryl methyl sites for hydroxylation is 1. The molecule has 0 fully saturated rings. The standard InChI is InChI=1S/C13H16N2O2/c1-8-4-9-5-10(16-2)6-12(17-3)13(9)15-11(8)7-14/h4-6H,7,14H2,1-3H3. The normalized spacial score (nSPS) is 10.6. The zero-order chi connectivity index (χ0) is 12.4. The smallest absolute Gasteiger partial charge is 0.148 e. The van der Waals surface area contributed by atoms with E-state index in [9.17, 15) is 0 Å². The van der Waals surface area contributed by atoms with Crippen molar-refractivity contribution < 1.29 is 9.47 Å². The fourth-order valence-corrected chi connectivity index (χ4v) is 1.85. The van der Waals surface area contributed by atoms with E-state index in [0.717, 1.165) is 27.9 Å². The zero-order valence-corrected chi connectivity index (χ0v) is 10.3. The van der Waals surface area contributed by atoms with Gasteiger partial charge in [-0.3, -0.25) is 0 Å². The first-order valence-corrected chi connectivity index (χ1v) is 5.42. The number of methoxy groups -OCH3 is 2. The molecule has 1 heterocycles. The van der Waals surface area contributed by atoms with Gasteiger partial charge < -0.3 is 15.2 Å². The maximum Gasteiger partial charge on any atom is 0.148 e. The molecule has 0 spiro atoms. The van der Waals surface area contributed by atoms with Gasteiger partial charge in [0.2, 0.25) is 0 Å². The Hall–Kier alpha value is -1.81. The van der Waals surface area contributed by atoms with Gasteiger partial charge in [0.25, 0.3) is 0 Å². The number of hydrogen-bond acceptors (Lipinski definition) is 4. The number of rotatable bonds is 3. The number of fused-ring (bicyclic) bond motifs is 1. The minimum atomic E-state index is 0.428. The molecule has 90 valence electrons. The Morgan fingerprint density at radius 3 is 2.53 bits per heavy atom. The minimum absolute atomic E-state index is 0.428. The summed E-state index contributed by atoms with van der Waals surface area (Å²) in [5.41, 5.74) is 8.45. The molecule has 0 unspecified atom stereocenters. The molecule has 0 bridgehead atoms. The van der Waals surface area contributed by atoms with E-state index >= 15 is 0 Å². The number of ether oxygens (including phenoxy) is 2.